The number of aromatic nitrogens is 2. The zero-order valence-corrected chi connectivity index (χ0v) is 11.8. The van der Waals surface area contributed by atoms with E-state index in [1.807, 2.05) is 0 Å². The fourth-order valence-electron chi connectivity index (χ4n) is 2.23. The lowest BCUT2D eigenvalue weighted by molar-refractivity contribution is 0.582. The van der Waals surface area contributed by atoms with E-state index in [4.69, 9.17) is 0 Å². The van der Waals surface area contributed by atoms with E-state index in [0.717, 1.165) is 0 Å². The number of fused-ring (bicyclic) bond motifs is 1. The monoisotopic (exact) mass is 310 g/mol. The lowest BCUT2D eigenvalue weighted by Gasteiger charge is -2.11. The van der Waals surface area contributed by atoms with Crippen LogP contribution in [0.4, 0.5) is 0 Å². The van der Waals surface area contributed by atoms with Gasteiger partial charge >= 0.3 is 0 Å². The largest absolute Gasteiger partial charge is 0.265 e. The zero-order valence-electron chi connectivity index (χ0n) is 10.2. The molecule has 8 heteroatoms. The van der Waals surface area contributed by atoms with Crippen molar-refractivity contribution < 1.29 is 16.8 Å². The number of hydrogen-bond donors (Lipinski definition) is 0. The van der Waals surface area contributed by atoms with Crippen molar-refractivity contribution in [2.75, 3.05) is 5.75 Å². The summed E-state index contributed by atoms with van der Waals surface area (Å²) < 4.78 is 49.1. The summed E-state index contributed by atoms with van der Waals surface area (Å²) in [5.41, 5.74) is 0.240. The third kappa shape index (κ3) is 1.92. The van der Waals surface area contributed by atoms with E-state index in [1.165, 1.54) is 42.9 Å². The SMILES string of the molecule is O=S1(=O)CC(S(=O)(=O)c2ccncc2)c2cccnc21. The molecule has 1 unspecified atom stereocenters. The van der Waals surface area contributed by atoms with Gasteiger partial charge in [0.1, 0.15) is 5.25 Å². The first-order chi connectivity index (χ1) is 9.43. The van der Waals surface area contributed by atoms with Crippen LogP contribution in [0.25, 0.3) is 0 Å². The lowest BCUT2D eigenvalue weighted by atomic mass is 10.2. The molecule has 0 fully saturated rings. The van der Waals surface area contributed by atoms with Crippen molar-refractivity contribution in [3.8, 4) is 0 Å². The Labute approximate surface area is 116 Å². The van der Waals surface area contributed by atoms with Gasteiger partial charge in [0.15, 0.2) is 24.7 Å². The molecule has 6 nitrogen and oxygen atoms in total. The van der Waals surface area contributed by atoms with E-state index in [-0.39, 0.29) is 15.5 Å². The average Bonchev–Trinajstić information content (AvgIpc) is 2.73. The van der Waals surface area contributed by atoms with E-state index in [0.29, 0.717) is 0 Å². The van der Waals surface area contributed by atoms with E-state index in [1.54, 1.807) is 0 Å². The quantitative estimate of drug-likeness (QED) is 0.813. The van der Waals surface area contributed by atoms with Crippen LogP contribution in [0.5, 0.6) is 0 Å². The molecule has 2 aromatic rings. The number of sulfone groups is 2. The second-order valence-electron chi connectivity index (χ2n) is 4.40. The molecule has 0 aromatic carbocycles. The summed E-state index contributed by atoms with van der Waals surface area (Å²) in [6, 6.07) is 5.75. The Morgan fingerprint density at radius 1 is 1.10 bits per heavy atom. The molecule has 0 aliphatic carbocycles. The molecule has 0 bridgehead atoms. The minimum atomic E-state index is -3.78. The summed E-state index contributed by atoms with van der Waals surface area (Å²) in [5.74, 6) is -0.468. The molecule has 0 saturated heterocycles. The van der Waals surface area contributed by atoms with Crippen molar-refractivity contribution in [1.29, 1.82) is 0 Å². The number of nitrogens with zero attached hydrogens (tertiary/aromatic N) is 2. The summed E-state index contributed by atoms with van der Waals surface area (Å²) in [7, 11) is -7.43. The summed E-state index contributed by atoms with van der Waals surface area (Å²) in [6.07, 6.45) is 4.07. The minimum Gasteiger partial charge on any atom is -0.265 e. The van der Waals surface area contributed by atoms with Gasteiger partial charge in [-0.25, -0.2) is 21.8 Å². The summed E-state index contributed by atoms with van der Waals surface area (Å²) in [6.45, 7) is 0. The molecule has 104 valence electrons. The Hall–Kier alpha value is -1.80. The Morgan fingerprint density at radius 3 is 2.50 bits per heavy atom. The first-order valence-corrected chi connectivity index (χ1v) is 8.94. The first kappa shape index (κ1) is 13.2. The first-order valence-electron chi connectivity index (χ1n) is 5.74. The maximum absolute atomic E-state index is 12.6. The van der Waals surface area contributed by atoms with Gasteiger partial charge in [-0.2, -0.15) is 0 Å². The Morgan fingerprint density at radius 2 is 1.80 bits per heavy atom. The van der Waals surface area contributed by atoms with Crippen molar-refractivity contribution in [2.24, 2.45) is 0 Å². The van der Waals surface area contributed by atoms with E-state index >= 15 is 0 Å². The van der Waals surface area contributed by atoms with Crippen LogP contribution in [-0.4, -0.2) is 32.6 Å². The van der Waals surface area contributed by atoms with E-state index < -0.39 is 30.7 Å². The highest BCUT2D eigenvalue weighted by molar-refractivity contribution is 7.96. The van der Waals surface area contributed by atoms with Crippen LogP contribution in [0, 0.1) is 0 Å². The van der Waals surface area contributed by atoms with Crippen LogP contribution < -0.4 is 0 Å². The maximum atomic E-state index is 12.6. The molecule has 3 rings (SSSR count). The van der Waals surface area contributed by atoms with Crippen LogP contribution in [0.15, 0.2) is 52.8 Å². The van der Waals surface area contributed by atoms with Crippen molar-refractivity contribution >= 4 is 19.7 Å². The van der Waals surface area contributed by atoms with Crippen LogP contribution in [0.2, 0.25) is 0 Å². The highest BCUT2D eigenvalue weighted by Gasteiger charge is 2.43. The highest BCUT2D eigenvalue weighted by atomic mass is 32.2. The smallest absolute Gasteiger partial charge is 0.197 e. The Kier molecular flexibility index (Phi) is 2.87. The molecule has 0 amide bonds. The van der Waals surface area contributed by atoms with Crippen LogP contribution in [0.3, 0.4) is 0 Å². The zero-order chi connectivity index (χ0) is 14.4. The predicted molar refractivity (Wildman–Crippen MR) is 70.5 cm³/mol. The van der Waals surface area contributed by atoms with Crippen molar-refractivity contribution in [1.82, 2.24) is 9.97 Å². The Bertz CT molecular complexity index is 861. The molecule has 1 atom stereocenters. The van der Waals surface area contributed by atoms with E-state index in [9.17, 15) is 16.8 Å². The van der Waals surface area contributed by atoms with Gasteiger partial charge in [0.25, 0.3) is 0 Å². The van der Waals surface area contributed by atoms with E-state index in [2.05, 4.69) is 9.97 Å². The summed E-state index contributed by atoms with van der Waals surface area (Å²) in [5, 5.41) is -1.25. The molecule has 0 N–H and O–H groups in total. The van der Waals surface area contributed by atoms with Crippen molar-refractivity contribution in [2.45, 2.75) is 15.2 Å². The van der Waals surface area contributed by atoms with Crippen molar-refractivity contribution in [3.05, 3.63) is 48.4 Å². The molecule has 1 aliphatic heterocycles. The second kappa shape index (κ2) is 4.35. The van der Waals surface area contributed by atoms with Gasteiger partial charge in [-0.05, 0) is 18.2 Å². The topological polar surface area (TPSA) is 94.1 Å². The van der Waals surface area contributed by atoms with Gasteiger partial charge in [0.05, 0.1) is 10.6 Å². The number of pyridine rings is 2. The molecule has 3 heterocycles. The molecule has 20 heavy (non-hydrogen) atoms. The average molecular weight is 310 g/mol. The van der Waals surface area contributed by atoms with Gasteiger partial charge in [-0.3, -0.25) is 4.98 Å². The van der Waals surface area contributed by atoms with Gasteiger partial charge in [0.2, 0.25) is 0 Å². The fraction of sp³-hybridized carbons (Fsp3) is 0.167. The van der Waals surface area contributed by atoms with Gasteiger partial charge in [-0.1, -0.05) is 6.07 Å². The maximum Gasteiger partial charge on any atom is 0.197 e. The molecule has 2 aromatic heterocycles. The molecule has 0 radical (unpaired) electrons. The molecule has 0 spiro atoms. The molecular weight excluding hydrogens is 300 g/mol. The minimum absolute atomic E-state index is 0.0596. The lowest BCUT2D eigenvalue weighted by Crippen LogP contribution is -2.15. The predicted octanol–water partition coefficient (Wildman–Crippen LogP) is 0.779. The summed E-state index contributed by atoms with van der Waals surface area (Å²) in [4.78, 5) is 7.63. The van der Waals surface area contributed by atoms with Crippen LogP contribution >= 0.6 is 0 Å². The Balaban J connectivity index is 2.19. The van der Waals surface area contributed by atoms with Crippen LogP contribution in [-0.2, 0) is 19.7 Å². The van der Waals surface area contributed by atoms with Gasteiger partial charge < -0.3 is 0 Å². The third-order valence-corrected chi connectivity index (χ3v) is 7.18. The standard InChI is InChI=1S/C12H10N2O4S2/c15-19(16)8-11(10-2-1-5-14-12(10)19)20(17,18)9-3-6-13-7-4-9/h1-7,11H,8H2. The molecule has 0 saturated carbocycles. The third-order valence-electron chi connectivity index (χ3n) is 3.17. The van der Waals surface area contributed by atoms with Gasteiger partial charge in [0, 0.05) is 24.2 Å². The molecular formula is C12H10N2O4S2. The summed E-state index contributed by atoms with van der Waals surface area (Å²) >= 11 is 0. The van der Waals surface area contributed by atoms with Gasteiger partial charge in [-0.15, -0.1) is 0 Å². The van der Waals surface area contributed by atoms with Crippen molar-refractivity contribution in [3.63, 3.8) is 0 Å². The second-order valence-corrected chi connectivity index (χ2v) is 8.48. The highest BCUT2D eigenvalue weighted by Crippen LogP contribution is 2.39. The number of hydrogen-bond acceptors (Lipinski definition) is 6. The van der Waals surface area contributed by atoms with Crippen LogP contribution in [0.1, 0.15) is 10.8 Å². The number of rotatable bonds is 2. The molecule has 1 aliphatic rings. The normalized spacial score (nSPS) is 20.5. The fourth-order valence-corrected chi connectivity index (χ4v) is 6.43.